The van der Waals surface area contributed by atoms with Crippen LogP contribution in [0.3, 0.4) is 0 Å². The van der Waals surface area contributed by atoms with Gasteiger partial charge in [-0.3, -0.25) is 4.79 Å². The van der Waals surface area contributed by atoms with Crippen molar-refractivity contribution in [1.29, 1.82) is 0 Å². The van der Waals surface area contributed by atoms with Crippen LogP contribution in [0.4, 0.5) is 5.69 Å². The van der Waals surface area contributed by atoms with Crippen LogP contribution in [0.15, 0.2) is 47.6 Å². The minimum atomic E-state index is -0.176. The van der Waals surface area contributed by atoms with Crippen molar-refractivity contribution in [2.24, 2.45) is 0 Å². The van der Waals surface area contributed by atoms with E-state index in [0.717, 1.165) is 30.4 Å². The maximum absolute atomic E-state index is 12.2. The Hall–Kier alpha value is -1.56. The van der Waals surface area contributed by atoms with Crippen molar-refractivity contribution in [2.75, 3.05) is 30.7 Å². The number of hydrogen-bond acceptors (Lipinski definition) is 4. The first kappa shape index (κ1) is 18.8. The molecule has 0 saturated heterocycles. The van der Waals surface area contributed by atoms with Crippen LogP contribution in [-0.4, -0.2) is 41.2 Å². The predicted octanol–water partition coefficient (Wildman–Crippen LogP) is 4.42. The zero-order valence-corrected chi connectivity index (χ0v) is 15.5. The van der Waals surface area contributed by atoms with E-state index in [1.807, 2.05) is 6.07 Å². The molecule has 128 valence electrons. The standard InChI is InChI=1S/C18H22ClN3OS/c1-3-22(4-2)11-12-24-17-10-5-14(13-20-17)18(23)21-16-8-6-15(19)7-9-16/h5-10,13H,3-4,11-12H2,1-2H3,(H,21,23). The lowest BCUT2D eigenvalue weighted by Crippen LogP contribution is -2.25. The first-order valence-electron chi connectivity index (χ1n) is 8.00. The summed E-state index contributed by atoms with van der Waals surface area (Å²) in [5.74, 6) is 0.815. The summed E-state index contributed by atoms with van der Waals surface area (Å²) in [4.78, 5) is 18.9. The highest BCUT2D eigenvalue weighted by molar-refractivity contribution is 7.99. The molecule has 0 unspecified atom stereocenters. The van der Waals surface area contributed by atoms with Crippen molar-refractivity contribution in [1.82, 2.24) is 9.88 Å². The molecule has 0 fully saturated rings. The van der Waals surface area contributed by atoms with Gasteiger partial charge in [0.15, 0.2) is 0 Å². The van der Waals surface area contributed by atoms with Crippen molar-refractivity contribution in [3.8, 4) is 0 Å². The van der Waals surface area contributed by atoms with Gasteiger partial charge in [-0.2, -0.15) is 0 Å². The van der Waals surface area contributed by atoms with Gasteiger partial charge in [-0.15, -0.1) is 11.8 Å². The van der Waals surface area contributed by atoms with Crippen LogP contribution >= 0.6 is 23.4 Å². The molecule has 6 heteroatoms. The summed E-state index contributed by atoms with van der Waals surface area (Å²) in [6.45, 7) is 7.50. The summed E-state index contributed by atoms with van der Waals surface area (Å²) >= 11 is 7.54. The van der Waals surface area contributed by atoms with Gasteiger partial charge in [-0.1, -0.05) is 25.4 Å². The Balaban J connectivity index is 1.86. The van der Waals surface area contributed by atoms with E-state index in [9.17, 15) is 4.79 Å². The minimum Gasteiger partial charge on any atom is -0.322 e. The first-order valence-corrected chi connectivity index (χ1v) is 9.36. The molecule has 0 bridgehead atoms. The van der Waals surface area contributed by atoms with Gasteiger partial charge in [-0.25, -0.2) is 4.98 Å². The molecule has 0 aliphatic carbocycles. The molecule has 1 heterocycles. The average Bonchev–Trinajstić information content (AvgIpc) is 2.61. The Bertz CT molecular complexity index is 642. The Kier molecular flexibility index (Phi) is 7.56. The molecule has 0 spiro atoms. The SMILES string of the molecule is CCN(CC)CCSc1ccc(C(=O)Nc2ccc(Cl)cc2)cn1. The number of carbonyl (C=O) groups is 1. The van der Waals surface area contributed by atoms with E-state index >= 15 is 0 Å². The zero-order valence-electron chi connectivity index (χ0n) is 14.0. The van der Waals surface area contributed by atoms with E-state index in [1.165, 1.54) is 0 Å². The van der Waals surface area contributed by atoms with Crippen molar-refractivity contribution < 1.29 is 4.79 Å². The first-order chi connectivity index (χ1) is 11.6. The lowest BCUT2D eigenvalue weighted by Gasteiger charge is -2.17. The molecule has 24 heavy (non-hydrogen) atoms. The number of rotatable bonds is 8. The van der Waals surface area contributed by atoms with Crippen molar-refractivity contribution in [2.45, 2.75) is 18.9 Å². The van der Waals surface area contributed by atoms with Crippen LogP contribution in [0.5, 0.6) is 0 Å². The summed E-state index contributed by atoms with van der Waals surface area (Å²) in [6.07, 6.45) is 1.62. The lowest BCUT2D eigenvalue weighted by molar-refractivity contribution is 0.102. The van der Waals surface area contributed by atoms with E-state index in [0.29, 0.717) is 16.3 Å². The normalized spacial score (nSPS) is 10.8. The second-order valence-corrected chi connectivity index (χ2v) is 6.77. The molecule has 1 aromatic heterocycles. The third-order valence-electron chi connectivity index (χ3n) is 3.65. The van der Waals surface area contributed by atoms with Crippen LogP contribution in [0, 0.1) is 0 Å². The highest BCUT2D eigenvalue weighted by Gasteiger charge is 2.07. The number of pyridine rings is 1. The van der Waals surface area contributed by atoms with Gasteiger partial charge in [0.05, 0.1) is 10.6 Å². The highest BCUT2D eigenvalue weighted by atomic mass is 35.5. The molecule has 0 saturated carbocycles. The van der Waals surface area contributed by atoms with E-state index in [4.69, 9.17) is 11.6 Å². The van der Waals surface area contributed by atoms with Gasteiger partial charge in [0, 0.05) is 29.2 Å². The van der Waals surface area contributed by atoms with E-state index in [2.05, 4.69) is 29.0 Å². The largest absolute Gasteiger partial charge is 0.322 e. The second kappa shape index (κ2) is 9.67. The van der Waals surface area contributed by atoms with Crippen molar-refractivity contribution in [3.05, 3.63) is 53.2 Å². The Morgan fingerprint density at radius 1 is 1.17 bits per heavy atom. The zero-order chi connectivity index (χ0) is 17.4. The number of thioether (sulfide) groups is 1. The molecule has 1 aromatic carbocycles. The molecule has 2 rings (SSSR count). The van der Waals surface area contributed by atoms with Crippen LogP contribution in [0.1, 0.15) is 24.2 Å². The van der Waals surface area contributed by atoms with E-state index in [1.54, 1.807) is 48.3 Å². The highest BCUT2D eigenvalue weighted by Crippen LogP contribution is 2.17. The molecule has 0 aliphatic rings. The molecule has 0 radical (unpaired) electrons. The molecule has 1 amide bonds. The maximum atomic E-state index is 12.2. The quantitative estimate of drug-likeness (QED) is 0.705. The van der Waals surface area contributed by atoms with Gasteiger partial charge in [-0.05, 0) is 49.5 Å². The van der Waals surface area contributed by atoms with E-state index in [-0.39, 0.29) is 5.91 Å². The molecule has 2 aromatic rings. The molecule has 1 N–H and O–H groups in total. The summed E-state index contributed by atoms with van der Waals surface area (Å²) in [6, 6.07) is 10.7. The molecule has 4 nitrogen and oxygen atoms in total. The number of carbonyl (C=O) groups excluding carboxylic acids is 1. The number of nitrogens with zero attached hydrogens (tertiary/aromatic N) is 2. The van der Waals surface area contributed by atoms with Crippen LogP contribution in [0.25, 0.3) is 0 Å². The molecule has 0 atom stereocenters. The number of amides is 1. The summed E-state index contributed by atoms with van der Waals surface area (Å²) in [7, 11) is 0. The molecular formula is C18H22ClN3OS. The third kappa shape index (κ3) is 5.82. The smallest absolute Gasteiger partial charge is 0.257 e. The fourth-order valence-electron chi connectivity index (χ4n) is 2.16. The second-order valence-electron chi connectivity index (χ2n) is 5.22. The summed E-state index contributed by atoms with van der Waals surface area (Å²) in [5.41, 5.74) is 1.25. The predicted molar refractivity (Wildman–Crippen MR) is 102 cm³/mol. The Labute approximate surface area is 152 Å². The fraction of sp³-hybridized carbons (Fsp3) is 0.333. The minimum absolute atomic E-state index is 0.176. The van der Waals surface area contributed by atoms with Gasteiger partial charge in [0.2, 0.25) is 0 Å². The van der Waals surface area contributed by atoms with Crippen LogP contribution < -0.4 is 5.32 Å². The van der Waals surface area contributed by atoms with Crippen LogP contribution in [0.2, 0.25) is 5.02 Å². The fourth-order valence-corrected chi connectivity index (χ4v) is 3.13. The van der Waals surface area contributed by atoms with Crippen molar-refractivity contribution >= 4 is 35.0 Å². The van der Waals surface area contributed by atoms with E-state index < -0.39 is 0 Å². The number of hydrogen-bond donors (Lipinski definition) is 1. The number of halogens is 1. The Morgan fingerprint density at radius 2 is 1.88 bits per heavy atom. The van der Waals surface area contributed by atoms with Gasteiger partial charge < -0.3 is 10.2 Å². The number of aromatic nitrogens is 1. The topological polar surface area (TPSA) is 45.2 Å². The number of benzene rings is 1. The molecule has 0 aliphatic heterocycles. The Morgan fingerprint density at radius 3 is 2.46 bits per heavy atom. The number of nitrogens with one attached hydrogen (secondary N) is 1. The lowest BCUT2D eigenvalue weighted by atomic mass is 10.2. The molecular weight excluding hydrogens is 342 g/mol. The average molecular weight is 364 g/mol. The summed E-state index contributed by atoms with van der Waals surface area (Å²) in [5, 5.41) is 4.40. The summed E-state index contributed by atoms with van der Waals surface area (Å²) < 4.78 is 0. The van der Waals surface area contributed by atoms with Crippen molar-refractivity contribution in [3.63, 3.8) is 0 Å². The third-order valence-corrected chi connectivity index (χ3v) is 4.83. The number of anilines is 1. The van der Waals surface area contributed by atoms with Gasteiger partial charge >= 0.3 is 0 Å². The monoisotopic (exact) mass is 363 g/mol. The van der Waals surface area contributed by atoms with Crippen LogP contribution in [-0.2, 0) is 0 Å². The van der Waals surface area contributed by atoms with Gasteiger partial charge in [0.1, 0.15) is 0 Å². The maximum Gasteiger partial charge on any atom is 0.257 e. The van der Waals surface area contributed by atoms with Gasteiger partial charge in [0.25, 0.3) is 5.91 Å².